The van der Waals surface area contributed by atoms with Crippen LogP contribution in [0.5, 0.6) is 0 Å². The maximum atomic E-state index is 12.2. The topological polar surface area (TPSA) is 62.6 Å². The minimum absolute atomic E-state index is 0.0125. The zero-order valence-corrected chi connectivity index (χ0v) is 16.3. The SMILES string of the molecule is CC[NH+](CC(=O)NCCc1ccccc1C)CC(=O)NCc1cccs1. The predicted molar refractivity (Wildman–Crippen MR) is 105 cm³/mol. The second kappa shape index (κ2) is 10.7. The molecule has 1 heterocycles. The summed E-state index contributed by atoms with van der Waals surface area (Å²) >= 11 is 1.62. The zero-order chi connectivity index (χ0) is 18.8. The number of hydrogen-bond acceptors (Lipinski definition) is 3. The monoisotopic (exact) mass is 374 g/mol. The van der Waals surface area contributed by atoms with Gasteiger partial charge in [0.15, 0.2) is 13.1 Å². The lowest BCUT2D eigenvalue weighted by Crippen LogP contribution is -3.14. The number of likely N-dealkylation sites (N-methyl/N-ethyl adjacent to an activating group) is 1. The van der Waals surface area contributed by atoms with Crippen LogP contribution in [0.15, 0.2) is 41.8 Å². The minimum atomic E-state index is -0.0250. The summed E-state index contributed by atoms with van der Waals surface area (Å²) in [7, 11) is 0. The third-order valence-electron chi connectivity index (χ3n) is 4.34. The molecule has 0 saturated heterocycles. The van der Waals surface area contributed by atoms with Gasteiger partial charge in [-0.3, -0.25) is 9.59 Å². The number of thiophene rings is 1. The van der Waals surface area contributed by atoms with E-state index in [1.54, 1.807) is 11.3 Å². The Morgan fingerprint density at radius 3 is 2.42 bits per heavy atom. The minimum Gasteiger partial charge on any atom is -0.351 e. The number of nitrogens with one attached hydrogen (secondary N) is 3. The van der Waals surface area contributed by atoms with Crippen molar-refractivity contribution in [1.29, 1.82) is 0 Å². The number of quaternary nitrogens is 1. The lowest BCUT2D eigenvalue weighted by molar-refractivity contribution is -0.881. The van der Waals surface area contributed by atoms with Crippen LogP contribution in [0, 0.1) is 6.92 Å². The molecule has 2 amide bonds. The summed E-state index contributed by atoms with van der Waals surface area (Å²) in [6.07, 6.45) is 0.821. The molecule has 26 heavy (non-hydrogen) atoms. The van der Waals surface area contributed by atoms with E-state index in [1.165, 1.54) is 11.1 Å². The molecule has 3 N–H and O–H groups in total. The maximum absolute atomic E-state index is 12.2. The summed E-state index contributed by atoms with van der Waals surface area (Å²) in [5, 5.41) is 7.87. The van der Waals surface area contributed by atoms with E-state index in [1.807, 2.05) is 36.6 Å². The fourth-order valence-corrected chi connectivity index (χ4v) is 3.36. The van der Waals surface area contributed by atoms with Gasteiger partial charge in [0.05, 0.1) is 13.1 Å². The van der Waals surface area contributed by atoms with Gasteiger partial charge in [0.25, 0.3) is 11.8 Å². The Morgan fingerprint density at radius 2 is 1.77 bits per heavy atom. The van der Waals surface area contributed by atoms with Crippen LogP contribution in [0.3, 0.4) is 0 Å². The van der Waals surface area contributed by atoms with E-state index in [-0.39, 0.29) is 11.8 Å². The summed E-state index contributed by atoms with van der Waals surface area (Å²) in [6, 6.07) is 12.2. The molecule has 1 unspecified atom stereocenters. The molecule has 1 atom stereocenters. The van der Waals surface area contributed by atoms with Crippen LogP contribution in [0.1, 0.15) is 22.9 Å². The average Bonchev–Trinajstić information content (AvgIpc) is 3.14. The van der Waals surface area contributed by atoms with Crippen LogP contribution in [0.4, 0.5) is 0 Å². The Hall–Kier alpha value is -2.18. The van der Waals surface area contributed by atoms with Crippen molar-refractivity contribution >= 4 is 23.2 Å². The van der Waals surface area contributed by atoms with E-state index >= 15 is 0 Å². The maximum Gasteiger partial charge on any atom is 0.275 e. The van der Waals surface area contributed by atoms with Crippen LogP contribution in [-0.2, 0) is 22.6 Å². The second-order valence-corrected chi connectivity index (χ2v) is 7.37. The molecule has 0 aliphatic rings. The molecule has 1 aromatic heterocycles. The van der Waals surface area contributed by atoms with Gasteiger partial charge in [0, 0.05) is 11.4 Å². The van der Waals surface area contributed by atoms with Gasteiger partial charge < -0.3 is 15.5 Å². The molecule has 0 radical (unpaired) electrons. The van der Waals surface area contributed by atoms with Crippen LogP contribution in [-0.4, -0.2) is 38.0 Å². The van der Waals surface area contributed by atoms with Crippen molar-refractivity contribution in [2.75, 3.05) is 26.2 Å². The van der Waals surface area contributed by atoms with E-state index in [0.29, 0.717) is 26.2 Å². The standard InChI is InChI=1S/C20H27N3O2S/c1-3-23(15-20(25)22-13-18-9-6-12-26-18)14-19(24)21-11-10-17-8-5-4-7-16(17)2/h4-9,12H,3,10-11,13-15H2,1-2H3,(H,21,24)(H,22,25)/p+1. The fourth-order valence-electron chi connectivity index (χ4n) is 2.72. The van der Waals surface area contributed by atoms with E-state index in [0.717, 1.165) is 22.7 Å². The lowest BCUT2D eigenvalue weighted by Gasteiger charge is -2.17. The number of amides is 2. The van der Waals surface area contributed by atoms with E-state index < -0.39 is 0 Å². The summed E-state index contributed by atoms with van der Waals surface area (Å²) < 4.78 is 0. The number of rotatable bonds is 10. The Morgan fingerprint density at radius 1 is 1.04 bits per heavy atom. The average molecular weight is 375 g/mol. The smallest absolute Gasteiger partial charge is 0.275 e. The largest absolute Gasteiger partial charge is 0.351 e. The van der Waals surface area contributed by atoms with E-state index in [2.05, 4.69) is 29.7 Å². The molecule has 140 valence electrons. The van der Waals surface area contributed by atoms with Gasteiger partial charge in [0.1, 0.15) is 0 Å². The Balaban J connectivity index is 1.68. The summed E-state index contributed by atoms with van der Waals surface area (Å²) in [6.45, 7) is 6.60. The molecule has 5 nitrogen and oxygen atoms in total. The molecule has 0 spiro atoms. The fraction of sp³-hybridized carbons (Fsp3) is 0.400. The van der Waals surface area contributed by atoms with Crippen LogP contribution in [0.25, 0.3) is 0 Å². The quantitative estimate of drug-likeness (QED) is 0.580. The highest BCUT2D eigenvalue weighted by atomic mass is 32.1. The van der Waals surface area contributed by atoms with Gasteiger partial charge in [0.2, 0.25) is 0 Å². The van der Waals surface area contributed by atoms with E-state index in [4.69, 9.17) is 0 Å². The van der Waals surface area contributed by atoms with Gasteiger partial charge >= 0.3 is 0 Å². The molecule has 6 heteroatoms. The highest BCUT2D eigenvalue weighted by molar-refractivity contribution is 7.09. The number of hydrogen-bond donors (Lipinski definition) is 3. The highest BCUT2D eigenvalue weighted by Crippen LogP contribution is 2.07. The first-order valence-corrected chi connectivity index (χ1v) is 9.90. The third kappa shape index (κ3) is 6.98. The number of benzene rings is 1. The summed E-state index contributed by atoms with van der Waals surface area (Å²) in [5.41, 5.74) is 2.49. The molecule has 0 saturated carbocycles. The molecular formula is C20H28N3O2S+. The Kier molecular flexibility index (Phi) is 8.31. The lowest BCUT2D eigenvalue weighted by atomic mass is 10.1. The van der Waals surface area contributed by atoms with Gasteiger partial charge in [-0.25, -0.2) is 0 Å². The molecule has 1 aromatic carbocycles. The Labute approximate surface area is 159 Å². The van der Waals surface area contributed by atoms with Gasteiger partial charge in [-0.05, 0) is 42.8 Å². The number of carbonyl (C=O) groups excluding carboxylic acids is 2. The second-order valence-electron chi connectivity index (χ2n) is 6.34. The molecule has 0 aliphatic heterocycles. The normalized spacial score (nSPS) is 11.8. The van der Waals surface area contributed by atoms with Gasteiger partial charge in [-0.15, -0.1) is 11.3 Å². The van der Waals surface area contributed by atoms with Crippen molar-refractivity contribution in [2.45, 2.75) is 26.8 Å². The Bertz CT molecular complexity index is 701. The van der Waals surface area contributed by atoms with Crippen molar-refractivity contribution in [3.8, 4) is 0 Å². The predicted octanol–water partition coefficient (Wildman–Crippen LogP) is 0.936. The summed E-state index contributed by atoms with van der Waals surface area (Å²) in [5.74, 6) is -0.0375. The highest BCUT2D eigenvalue weighted by Gasteiger charge is 2.16. The van der Waals surface area contributed by atoms with Crippen molar-refractivity contribution < 1.29 is 14.5 Å². The molecule has 0 aliphatic carbocycles. The molecule has 2 rings (SSSR count). The molecule has 2 aromatic rings. The first kappa shape index (κ1) is 20.1. The van der Waals surface area contributed by atoms with Crippen LogP contribution >= 0.6 is 11.3 Å². The first-order chi connectivity index (χ1) is 12.6. The first-order valence-electron chi connectivity index (χ1n) is 9.02. The van der Waals surface area contributed by atoms with Crippen molar-refractivity contribution in [3.63, 3.8) is 0 Å². The summed E-state index contributed by atoms with van der Waals surface area (Å²) in [4.78, 5) is 26.3. The van der Waals surface area contributed by atoms with Crippen molar-refractivity contribution in [3.05, 3.63) is 57.8 Å². The number of aryl methyl sites for hydroxylation is 1. The van der Waals surface area contributed by atoms with Crippen molar-refractivity contribution in [2.24, 2.45) is 0 Å². The third-order valence-corrected chi connectivity index (χ3v) is 5.22. The molecule has 0 bridgehead atoms. The number of carbonyl (C=O) groups is 2. The van der Waals surface area contributed by atoms with Crippen molar-refractivity contribution in [1.82, 2.24) is 10.6 Å². The van der Waals surface area contributed by atoms with E-state index in [9.17, 15) is 9.59 Å². The van der Waals surface area contributed by atoms with Crippen LogP contribution < -0.4 is 15.5 Å². The van der Waals surface area contributed by atoms with Gasteiger partial charge in [-0.1, -0.05) is 30.3 Å². The molecular weight excluding hydrogens is 346 g/mol. The molecule has 0 fully saturated rings. The van der Waals surface area contributed by atoms with Crippen LogP contribution in [0.2, 0.25) is 0 Å². The zero-order valence-electron chi connectivity index (χ0n) is 15.5. The van der Waals surface area contributed by atoms with Gasteiger partial charge in [-0.2, -0.15) is 0 Å².